The highest BCUT2D eigenvalue weighted by atomic mass is 16.3. The van der Waals surface area contributed by atoms with Gasteiger partial charge < -0.3 is 15.3 Å². The topological polar surface area (TPSA) is 35.5 Å². The molecule has 2 N–H and O–H groups in total. The minimum Gasteiger partial charge on any atom is -0.508 e. The molecule has 1 aromatic carbocycles. The van der Waals surface area contributed by atoms with Gasteiger partial charge in [0.05, 0.1) is 0 Å². The van der Waals surface area contributed by atoms with Gasteiger partial charge in [0.25, 0.3) is 0 Å². The van der Waals surface area contributed by atoms with E-state index in [1.807, 2.05) is 12.1 Å². The van der Waals surface area contributed by atoms with Crippen LogP contribution in [0.2, 0.25) is 0 Å². The molecular weight excluding hydrogens is 212 g/mol. The highest BCUT2D eigenvalue weighted by Gasteiger charge is 2.13. The highest BCUT2D eigenvalue weighted by Crippen LogP contribution is 2.10. The first-order valence-electron chi connectivity index (χ1n) is 6.15. The summed E-state index contributed by atoms with van der Waals surface area (Å²) in [6.45, 7) is 6.35. The summed E-state index contributed by atoms with van der Waals surface area (Å²) >= 11 is 0. The minimum atomic E-state index is 0.322. The third-order valence-corrected chi connectivity index (χ3v) is 2.87. The van der Waals surface area contributed by atoms with Crippen LogP contribution < -0.4 is 5.32 Å². The van der Waals surface area contributed by atoms with E-state index in [-0.39, 0.29) is 0 Å². The van der Waals surface area contributed by atoms with Crippen molar-refractivity contribution in [3.63, 3.8) is 0 Å². The van der Waals surface area contributed by atoms with E-state index in [9.17, 15) is 5.11 Å². The molecule has 0 saturated heterocycles. The molecule has 3 nitrogen and oxygen atoms in total. The first-order valence-corrected chi connectivity index (χ1v) is 6.15. The summed E-state index contributed by atoms with van der Waals surface area (Å²) in [5, 5.41) is 12.8. The van der Waals surface area contributed by atoms with Crippen molar-refractivity contribution in [1.29, 1.82) is 0 Å². The molecule has 17 heavy (non-hydrogen) atoms. The summed E-state index contributed by atoms with van der Waals surface area (Å²) in [6, 6.07) is 7.85. The Hall–Kier alpha value is -1.06. The lowest BCUT2D eigenvalue weighted by atomic mass is 10.0. The number of hydrogen-bond acceptors (Lipinski definition) is 3. The lowest BCUT2D eigenvalue weighted by molar-refractivity contribution is 0.288. The second-order valence-electron chi connectivity index (χ2n) is 5.16. The molecule has 0 saturated carbocycles. The van der Waals surface area contributed by atoms with Gasteiger partial charge in [-0.25, -0.2) is 0 Å². The molecule has 0 amide bonds. The molecule has 0 aliphatic rings. The minimum absolute atomic E-state index is 0.322. The number of phenols is 1. The molecule has 0 radical (unpaired) electrons. The molecular formula is C14H24N2O. The summed E-state index contributed by atoms with van der Waals surface area (Å²) in [5.74, 6) is 0.928. The molecule has 3 heteroatoms. The van der Waals surface area contributed by atoms with Crippen molar-refractivity contribution >= 4 is 0 Å². The smallest absolute Gasteiger partial charge is 0.115 e. The van der Waals surface area contributed by atoms with Crippen LogP contribution >= 0.6 is 0 Å². The van der Waals surface area contributed by atoms with Gasteiger partial charge in [-0.15, -0.1) is 0 Å². The fraction of sp³-hybridized carbons (Fsp3) is 0.571. The predicted molar refractivity (Wildman–Crippen MR) is 72.1 cm³/mol. The van der Waals surface area contributed by atoms with E-state index >= 15 is 0 Å². The Kier molecular flexibility index (Phi) is 5.45. The van der Waals surface area contributed by atoms with Crippen LogP contribution in [0.5, 0.6) is 5.75 Å². The first kappa shape index (κ1) is 14.0. The van der Waals surface area contributed by atoms with Crippen molar-refractivity contribution in [3.05, 3.63) is 29.8 Å². The zero-order chi connectivity index (χ0) is 12.8. The van der Waals surface area contributed by atoms with Crippen LogP contribution in [-0.4, -0.2) is 36.7 Å². The number of phenolic OH excluding ortho intramolecular Hbond substituents is 1. The molecule has 0 heterocycles. The Morgan fingerprint density at radius 2 is 1.76 bits per heavy atom. The fourth-order valence-electron chi connectivity index (χ4n) is 1.77. The van der Waals surface area contributed by atoms with Crippen LogP contribution in [0, 0.1) is 5.92 Å². The number of hydrogen-bond donors (Lipinski definition) is 2. The second-order valence-corrected chi connectivity index (χ2v) is 5.16. The lowest BCUT2D eigenvalue weighted by Gasteiger charge is -2.25. The van der Waals surface area contributed by atoms with E-state index in [2.05, 4.69) is 38.2 Å². The summed E-state index contributed by atoms with van der Waals surface area (Å²) < 4.78 is 0. The summed E-state index contributed by atoms with van der Waals surface area (Å²) in [7, 11) is 4.19. The normalized spacial score (nSPS) is 13.3. The Bertz CT molecular complexity index is 319. The van der Waals surface area contributed by atoms with E-state index in [0.29, 0.717) is 17.7 Å². The van der Waals surface area contributed by atoms with Crippen LogP contribution in [0.15, 0.2) is 24.3 Å². The van der Waals surface area contributed by atoms with Crippen LogP contribution in [0.3, 0.4) is 0 Å². The van der Waals surface area contributed by atoms with E-state index in [1.165, 1.54) is 5.56 Å². The van der Waals surface area contributed by atoms with Crippen LogP contribution in [0.25, 0.3) is 0 Å². The third-order valence-electron chi connectivity index (χ3n) is 2.87. The number of nitrogens with zero attached hydrogens (tertiary/aromatic N) is 1. The third kappa shape index (κ3) is 5.20. The van der Waals surface area contributed by atoms with Crippen molar-refractivity contribution in [3.8, 4) is 5.75 Å². The molecule has 0 fully saturated rings. The van der Waals surface area contributed by atoms with Crippen molar-refractivity contribution in [1.82, 2.24) is 10.2 Å². The highest BCUT2D eigenvalue weighted by molar-refractivity contribution is 5.25. The van der Waals surface area contributed by atoms with Gasteiger partial charge in [-0.2, -0.15) is 0 Å². The molecule has 0 aliphatic carbocycles. The molecule has 1 unspecified atom stereocenters. The van der Waals surface area contributed by atoms with Gasteiger partial charge in [-0.3, -0.25) is 0 Å². The van der Waals surface area contributed by atoms with Gasteiger partial charge in [0.15, 0.2) is 0 Å². The predicted octanol–water partition coefficient (Wildman–Crippen LogP) is 2.07. The van der Waals surface area contributed by atoms with Gasteiger partial charge >= 0.3 is 0 Å². The zero-order valence-electron chi connectivity index (χ0n) is 11.3. The average Bonchev–Trinajstić information content (AvgIpc) is 2.25. The molecule has 0 spiro atoms. The zero-order valence-corrected chi connectivity index (χ0v) is 11.3. The number of nitrogens with one attached hydrogen (secondary N) is 1. The Morgan fingerprint density at radius 3 is 2.24 bits per heavy atom. The maximum atomic E-state index is 9.21. The van der Waals surface area contributed by atoms with Gasteiger partial charge in [-0.1, -0.05) is 26.0 Å². The average molecular weight is 236 g/mol. The fourth-order valence-corrected chi connectivity index (χ4v) is 1.77. The monoisotopic (exact) mass is 236 g/mol. The molecule has 1 rings (SSSR count). The Balaban J connectivity index is 2.48. The Labute approximate surface area is 104 Å². The van der Waals surface area contributed by atoms with Gasteiger partial charge in [0.2, 0.25) is 0 Å². The second kappa shape index (κ2) is 6.62. The van der Waals surface area contributed by atoms with Crippen molar-refractivity contribution in [2.75, 3.05) is 20.6 Å². The van der Waals surface area contributed by atoms with Crippen molar-refractivity contribution in [2.24, 2.45) is 5.92 Å². The van der Waals surface area contributed by atoms with Gasteiger partial charge in [0.1, 0.15) is 5.75 Å². The van der Waals surface area contributed by atoms with Gasteiger partial charge in [-0.05, 0) is 37.7 Å². The standard InChI is InChI=1S/C14H24N2O/c1-11(2)14(10-16(3)4)15-9-12-5-7-13(17)8-6-12/h5-8,11,14-15,17H,9-10H2,1-4H3. The first-order chi connectivity index (χ1) is 7.99. The molecule has 96 valence electrons. The number of aromatic hydroxyl groups is 1. The van der Waals surface area contributed by atoms with Crippen molar-refractivity contribution < 1.29 is 5.11 Å². The van der Waals surface area contributed by atoms with Crippen molar-refractivity contribution in [2.45, 2.75) is 26.4 Å². The molecule has 0 bridgehead atoms. The summed E-state index contributed by atoms with van der Waals surface area (Å²) in [4.78, 5) is 2.20. The summed E-state index contributed by atoms with van der Waals surface area (Å²) in [5.41, 5.74) is 1.20. The summed E-state index contributed by atoms with van der Waals surface area (Å²) in [6.07, 6.45) is 0. The number of rotatable bonds is 6. The van der Waals surface area contributed by atoms with E-state index in [0.717, 1.165) is 13.1 Å². The molecule has 1 aromatic rings. The van der Waals surface area contributed by atoms with Gasteiger partial charge in [0, 0.05) is 19.1 Å². The quantitative estimate of drug-likeness (QED) is 0.793. The number of likely N-dealkylation sites (N-methyl/N-ethyl adjacent to an activating group) is 1. The van der Waals surface area contributed by atoms with E-state index < -0.39 is 0 Å². The molecule has 0 aromatic heterocycles. The van der Waals surface area contributed by atoms with Crippen LogP contribution in [-0.2, 0) is 6.54 Å². The maximum Gasteiger partial charge on any atom is 0.115 e. The number of benzene rings is 1. The van der Waals surface area contributed by atoms with Crippen LogP contribution in [0.4, 0.5) is 0 Å². The maximum absolute atomic E-state index is 9.21. The molecule has 1 atom stereocenters. The van der Waals surface area contributed by atoms with E-state index in [4.69, 9.17) is 0 Å². The molecule has 0 aliphatic heterocycles. The van der Waals surface area contributed by atoms with Crippen LogP contribution in [0.1, 0.15) is 19.4 Å². The van der Waals surface area contributed by atoms with E-state index in [1.54, 1.807) is 12.1 Å². The lowest BCUT2D eigenvalue weighted by Crippen LogP contribution is -2.41. The largest absolute Gasteiger partial charge is 0.508 e. The Morgan fingerprint density at radius 1 is 1.18 bits per heavy atom. The SMILES string of the molecule is CC(C)C(CN(C)C)NCc1ccc(O)cc1.